The molecule has 1 amide bonds. The van der Waals surface area contributed by atoms with E-state index in [4.69, 9.17) is 9.72 Å². The van der Waals surface area contributed by atoms with Gasteiger partial charge in [-0.05, 0) is 62.6 Å². The van der Waals surface area contributed by atoms with Gasteiger partial charge in [0, 0.05) is 17.9 Å². The van der Waals surface area contributed by atoms with Gasteiger partial charge in [-0.15, -0.1) is 0 Å². The number of aryl methyl sites for hydroxylation is 2. The first-order valence-electron chi connectivity index (χ1n) is 10.5. The monoisotopic (exact) mass is 417 g/mol. The third-order valence-corrected chi connectivity index (χ3v) is 5.40. The Kier molecular flexibility index (Phi) is 6.11. The molecular weight excluding hydrogens is 390 g/mol. The van der Waals surface area contributed by atoms with Crippen LogP contribution >= 0.6 is 0 Å². The third-order valence-electron chi connectivity index (χ3n) is 5.40. The summed E-state index contributed by atoms with van der Waals surface area (Å²) in [5, 5.41) is 3.20. The van der Waals surface area contributed by atoms with E-state index in [9.17, 15) is 4.79 Å². The van der Waals surface area contributed by atoms with Crippen molar-refractivity contribution in [1.29, 1.82) is 0 Å². The van der Waals surface area contributed by atoms with Gasteiger partial charge in [-0.2, -0.15) is 0 Å². The summed E-state index contributed by atoms with van der Waals surface area (Å²) in [6.45, 7) is 4.62. The molecule has 4 rings (SSSR count). The van der Waals surface area contributed by atoms with E-state index < -0.39 is 0 Å². The van der Waals surface area contributed by atoms with E-state index in [2.05, 4.69) is 15.3 Å². The molecule has 1 aromatic carbocycles. The van der Waals surface area contributed by atoms with Crippen molar-refractivity contribution in [1.82, 2.24) is 19.9 Å². The molecule has 0 radical (unpaired) electrons. The zero-order chi connectivity index (χ0) is 21.8. The van der Waals surface area contributed by atoms with Crippen molar-refractivity contribution in [2.45, 2.75) is 39.2 Å². The molecule has 1 aliphatic rings. The second-order valence-corrected chi connectivity index (χ2v) is 7.82. The number of nitrogens with one attached hydrogen (secondary N) is 1. The summed E-state index contributed by atoms with van der Waals surface area (Å²) >= 11 is 0. The van der Waals surface area contributed by atoms with E-state index in [0.29, 0.717) is 18.2 Å². The molecule has 0 saturated carbocycles. The zero-order valence-electron chi connectivity index (χ0n) is 18.1. The normalized spacial score (nSPS) is 15.7. The van der Waals surface area contributed by atoms with E-state index in [1.54, 1.807) is 7.11 Å². The van der Waals surface area contributed by atoms with Crippen LogP contribution in [0.4, 0.5) is 11.8 Å². The Bertz CT molecular complexity index is 1060. The number of aromatic nitrogens is 3. The fourth-order valence-electron chi connectivity index (χ4n) is 4.03. The van der Waals surface area contributed by atoms with Crippen molar-refractivity contribution in [3.63, 3.8) is 0 Å². The lowest BCUT2D eigenvalue weighted by Gasteiger charge is -2.25. The van der Waals surface area contributed by atoms with Crippen molar-refractivity contribution in [2.75, 3.05) is 19.0 Å². The van der Waals surface area contributed by atoms with E-state index in [1.807, 2.05) is 67.3 Å². The van der Waals surface area contributed by atoms with Gasteiger partial charge in [-0.3, -0.25) is 4.79 Å². The summed E-state index contributed by atoms with van der Waals surface area (Å²) in [6.07, 6.45) is 2.22. The summed E-state index contributed by atoms with van der Waals surface area (Å²) in [5.74, 6) is 2.07. The Morgan fingerprint density at radius 3 is 2.65 bits per heavy atom. The van der Waals surface area contributed by atoms with Gasteiger partial charge < -0.3 is 15.0 Å². The Balaban J connectivity index is 1.50. The van der Waals surface area contributed by atoms with Crippen molar-refractivity contribution in [2.24, 2.45) is 0 Å². The maximum Gasteiger partial charge on any atom is 0.228 e. The minimum atomic E-state index is -0.0278. The Hall–Kier alpha value is -3.48. The Morgan fingerprint density at radius 1 is 1.10 bits per heavy atom. The number of hydrogen-bond donors (Lipinski definition) is 1. The number of carbonyl (C=O) groups is 1. The molecule has 0 aliphatic carbocycles. The highest BCUT2D eigenvalue weighted by Gasteiger charge is 2.31. The minimum absolute atomic E-state index is 0.0278. The summed E-state index contributed by atoms with van der Waals surface area (Å²) in [5.41, 5.74) is 3.63. The molecule has 1 aliphatic heterocycles. The molecule has 1 saturated heterocycles. The average Bonchev–Trinajstić information content (AvgIpc) is 3.23. The molecular formula is C24H27N5O2. The standard InChI is InChI=1S/C24H27N5O2/c1-16-13-17(2)26-24(25-16)28-22-11-5-9-20(27-22)21-10-6-12-29(21)23(30)15-18-7-4-8-19(14-18)31-3/h4-5,7-9,11,13-14,21H,6,10,12,15H2,1-3H3,(H,25,26,27,28)/t21-/m0/s1. The van der Waals surface area contributed by atoms with Gasteiger partial charge in [-0.25, -0.2) is 15.0 Å². The van der Waals surface area contributed by atoms with Crippen LogP contribution in [-0.4, -0.2) is 39.4 Å². The molecule has 1 atom stereocenters. The molecule has 0 unspecified atom stereocenters. The van der Waals surface area contributed by atoms with Crippen molar-refractivity contribution >= 4 is 17.7 Å². The number of anilines is 2. The number of hydrogen-bond acceptors (Lipinski definition) is 6. The van der Waals surface area contributed by atoms with Gasteiger partial charge in [0.2, 0.25) is 11.9 Å². The highest BCUT2D eigenvalue weighted by Crippen LogP contribution is 2.32. The number of pyridine rings is 1. The molecule has 0 bridgehead atoms. The summed E-state index contributed by atoms with van der Waals surface area (Å²) < 4.78 is 5.28. The molecule has 2 aromatic heterocycles. The molecule has 31 heavy (non-hydrogen) atoms. The van der Waals surface area contributed by atoms with Crippen LogP contribution in [-0.2, 0) is 11.2 Å². The summed E-state index contributed by atoms with van der Waals surface area (Å²) in [6, 6.07) is 15.4. The average molecular weight is 418 g/mol. The second kappa shape index (κ2) is 9.12. The molecule has 7 heteroatoms. The Morgan fingerprint density at radius 2 is 1.87 bits per heavy atom. The molecule has 3 heterocycles. The first-order chi connectivity index (χ1) is 15.0. The van der Waals surface area contributed by atoms with Crippen molar-refractivity contribution < 1.29 is 9.53 Å². The summed E-state index contributed by atoms with van der Waals surface area (Å²) in [7, 11) is 1.63. The lowest BCUT2D eigenvalue weighted by Crippen LogP contribution is -2.32. The first-order valence-corrected chi connectivity index (χ1v) is 10.5. The van der Waals surface area contributed by atoms with Crippen LogP contribution in [0.5, 0.6) is 5.75 Å². The number of ether oxygens (including phenoxy) is 1. The van der Waals surface area contributed by atoms with Gasteiger partial charge >= 0.3 is 0 Å². The SMILES string of the molecule is COc1cccc(CC(=O)N2CCC[C@H]2c2cccc(Nc3nc(C)cc(C)n3)n2)c1. The number of amides is 1. The quantitative estimate of drug-likeness (QED) is 0.649. The predicted molar refractivity (Wildman–Crippen MR) is 119 cm³/mol. The fraction of sp³-hybridized carbons (Fsp3) is 0.333. The van der Waals surface area contributed by atoms with Gasteiger partial charge in [0.15, 0.2) is 0 Å². The van der Waals surface area contributed by atoms with Crippen molar-refractivity contribution in [3.8, 4) is 5.75 Å². The second-order valence-electron chi connectivity index (χ2n) is 7.82. The van der Waals surface area contributed by atoms with Crippen LogP contribution in [0, 0.1) is 13.8 Å². The van der Waals surface area contributed by atoms with Gasteiger partial charge in [-0.1, -0.05) is 18.2 Å². The van der Waals surface area contributed by atoms with Crippen LogP contribution in [0.3, 0.4) is 0 Å². The predicted octanol–water partition coefficient (Wildman–Crippen LogP) is 4.15. The highest BCUT2D eigenvalue weighted by molar-refractivity contribution is 5.79. The lowest BCUT2D eigenvalue weighted by atomic mass is 10.1. The number of likely N-dealkylation sites (tertiary alicyclic amines) is 1. The largest absolute Gasteiger partial charge is 0.497 e. The number of rotatable bonds is 6. The lowest BCUT2D eigenvalue weighted by molar-refractivity contribution is -0.131. The number of nitrogens with zero attached hydrogens (tertiary/aromatic N) is 4. The smallest absolute Gasteiger partial charge is 0.228 e. The van der Waals surface area contributed by atoms with Gasteiger partial charge in [0.05, 0.1) is 25.3 Å². The fourth-order valence-corrected chi connectivity index (χ4v) is 4.03. The van der Waals surface area contributed by atoms with E-state index >= 15 is 0 Å². The maximum absolute atomic E-state index is 13.1. The van der Waals surface area contributed by atoms with Crippen LogP contribution < -0.4 is 10.1 Å². The molecule has 1 N–H and O–H groups in total. The van der Waals surface area contributed by atoms with Crippen LogP contribution in [0.1, 0.15) is 41.5 Å². The van der Waals surface area contributed by atoms with Crippen LogP contribution in [0.25, 0.3) is 0 Å². The molecule has 3 aromatic rings. The molecule has 7 nitrogen and oxygen atoms in total. The molecule has 0 spiro atoms. The Labute approximate surface area is 182 Å². The van der Waals surface area contributed by atoms with Crippen LogP contribution in [0.2, 0.25) is 0 Å². The van der Waals surface area contributed by atoms with Gasteiger partial charge in [0.1, 0.15) is 11.6 Å². The topological polar surface area (TPSA) is 80.2 Å². The van der Waals surface area contributed by atoms with E-state index in [0.717, 1.165) is 47.8 Å². The first kappa shape index (κ1) is 20.8. The number of benzene rings is 1. The molecule has 160 valence electrons. The number of carbonyl (C=O) groups excluding carboxylic acids is 1. The molecule has 1 fully saturated rings. The van der Waals surface area contributed by atoms with Crippen LogP contribution in [0.15, 0.2) is 48.5 Å². The highest BCUT2D eigenvalue weighted by atomic mass is 16.5. The van der Waals surface area contributed by atoms with E-state index in [1.165, 1.54) is 0 Å². The zero-order valence-corrected chi connectivity index (χ0v) is 18.1. The number of methoxy groups -OCH3 is 1. The van der Waals surface area contributed by atoms with Gasteiger partial charge in [0.25, 0.3) is 0 Å². The third kappa shape index (κ3) is 4.99. The maximum atomic E-state index is 13.1. The summed E-state index contributed by atoms with van der Waals surface area (Å²) in [4.78, 5) is 28.6. The van der Waals surface area contributed by atoms with E-state index in [-0.39, 0.29) is 11.9 Å². The minimum Gasteiger partial charge on any atom is -0.497 e. The van der Waals surface area contributed by atoms with Crippen molar-refractivity contribution in [3.05, 3.63) is 71.2 Å².